The van der Waals surface area contributed by atoms with Crippen molar-refractivity contribution in [3.63, 3.8) is 0 Å². The molecule has 0 spiro atoms. The van der Waals surface area contributed by atoms with Crippen LogP contribution in [-0.2, 0) is 0 Å². The van der Waals surface area contributed by atoms with Crippen LogP contribution in [0.25, 0.3) is 0 Å². The molecule has 94 valence electrons. The molecule has 2 unspecified atom stereocenters. The topological polar surface area (TPSA) is 15.3 Å². The highest BCUT2D eigenvalue weighted by molar-refractivity contribution is 5.25. The van der Waals surface area contributed by atoms with Gasteiger partial charge in [0.2, 0.25) is 0 Å². The van der Waals surface area contributed by atoms with Crippen molar-refractivity contribution >= 4 is 0 Å². The van der Waals surface area contributed by atoms with Crippen molar-refractivity contribution in [3.05, 3.63) is 35.4 Å². The smallest absolute Gasteiger partial charge is 0.0345 e. The minimum absolute atomic E-state index is 0.555. The predicted molar refractivity (Wildman–Crippen MR) is 73.2 cm³/mol. The highest BCUT2D eigenvalue weighted by Gasteiger charge is 2.22. The Morgan fingerprint density at radius 1 is 1.41 bits per heavy atom. The molecular formula is C15H24N2. The van der Waals surface area contributed by atoms with Crippen LogP contribution in [0.5, 0.6) is 0 Å². The number of hydrogen-bond donors (Lipinski definition) is 1. The summed E-state index contributed by atoms with van der Waals surface area (Å²) >= 11 is 0. The van der Waals surface area contributed by atoms with Gasteiger partial charge in [0.05, 0.1) is 0 Å². The highest BCUT2D eigenvalue weighted by atomic mass is 15.1. The summed E-state index contributed by atoms with van der Waals surface area (Å²) in [5.41, 5.74) is 2.82. The van der Waals surface area contributed by atoms with Crippen LogP contribution in [0, 0.1) is 12.8 Å². The Kier molecular flexibility index (Phi) is 4.19. The first-order chi connectivity index (χ1) is 8.16. The van der Waals surface area contributed by atoms with E-state index < -0.39 is 0 Å². The van der Waals surface area contributed by atoms with Gasteiger partial charge in [-0.3, -0.25) is 0 Å². The largest absolute Gasteiger partial charge is 0.316 e. The van der Waals surface area contributed by atoms with E-state index in [1.54, 1.807) is 0 Å². The Morgan fingerprint density at radius 3 is 2.82 bits per heavy atom. The summed E-state index contributed by atoms with van der Waals surface area (Å²) in [7, 11) is 4.38. The normalized spacial score (nSPS) is 22.0. The average Bonchev–Trinajstić information content (AvgIpc) is 2.78. The Balaban J connectivity index is 2.10. The number of benzene rings is 1. The second-order valence-corrected chi connectivity index (χ2v) is 5.49. The van der Waals surface area contributed by atoms with E-state index in [1.165, 1.54) is 37.1 Å². The average molecular weight is 232 g/mol. The van der Waals surface area contributed by atoms with E-state index >= 15 is 0 Å². The molecule has 2 nitrogen and oxygen atoms in total. The first-order valence-corrected chi connectivity index (χ1v) is 6.60. The van der Waals surface area contributed by atoms with Gasteiger partial charge >= 0.3 is 0 Å². The Labute approximate surface area is 105 Å². The third-order valence-corrected chi connectivity index (χ3v) is 3.77. The molecule has 1 aromatic carbocycles. The molecule has 2 rings (SSSR count). The molecule has 1 heterocycles. The lowest BCUT2D eigenvalue weighted by atomic mass is 9.92. The third-order valence-electron chi connectivity index (χ3n) is 3.77. The predicted octanol–water partition coefficient (Wildman–Crippen LogP) is 2.60. The van der Waals surface area contributed by atoms with Crippen molar-refractivity contribution < 1.29 is 0 Å². The van der Waals surface area contributed by atoms with Crippen LogP contribution < -0.4 is 5.32 Å². The van der Waals surface area contributed by atoms with E-state index in [2.05, 4.69) is 55.5 Å². The highest BCUT2D eigenvalue weighted by Crippen LogP contribution is 2.28. The van der Waals surface area contributed by atoms with Crippen LogP contribution in [0.15, 0.2) is 24.3 Å². The van der Waals surface area contributed by atoms with Crippen LogP contribution in [0.3, 0.4) is 0 Å². The fraction of sp³-hybridized carbons (Fsp3) is 0.600. The van der Waals surface area contributed by atoms with Crippen LogP contribution in [0.1, 0.15) is 30.0 Å². The minimum atomic E-state index is 0.555. The summed E-state index contributed by atoms with van der Waals surface area (Å²) in [5.74, 6) is 0.836. The molecule has 1 aliphatic heterocycles. The molecule has 1 N–H and O–H groups in total. The quantitative estimate of drug-likeness (QED) is 0.858. The van der Waals surface area contributed by atoms with Gasteiger partial charge in [-0.05, 0) is 58.4 Å². The molecular weight excluding hydrogens is 208 g/mol. The van der Waals surface area contributed by atoms with Crippen molar-refractivity contribution in [1.29, 1.82) is 0 Å². The van der Waals surface area contributed by atoms with Gasteiger partial charge in [0.15, 0.2) is 0 Å². The standard InChI is InChI=1S/C15H24N2/c1-12-5-4-6-14(9-12)15(17(2)3)10-13-7-8-16-11-13/h4-6,9,13,15-16H,7-8,10-11H2,1-3H3. The summed E-state index contributed by atoms with van der Waals surface area (Å²) in [5, 5.41) is 3.46. The maximum absolute atomic E-state index is 3.46. The van der Waals surface area contributed by atoms with Crippen LogP contribution >= 0.6 is 0 Å². The molecule has 0 aromatic heterocycles. The van der Waals surface area contributed by atoms with Gasteiger partial charge in [0.1, 0.15) is 0 Å². The SMILES string of the molecule is Cc1cccc(C(CC2CCNC2)N(C)C)c1. The monoisotopic (exact) mass is 232 g/mol. The van der Waals surface area contributed by atoms with E-state index in [0.29, 0.717) is 6.04 Å². The zero-order chi connectivity index (χ0) is 12.3. The van der Waals surface area contributed by atoms with Crippen molar-refractivity contribution in [2.45, 2.75) is 25.8 Å². The van der Waals surface area contributed by atoms with Crippen LogP contribution in [0.2, 0.25) is 0 Å². The minimum Gasteiger partial charge on any atom is -0.316 e. The number of rotatable bonds is 4. The number of nitrogens with one attached hydrogen (secondary N) is 1. The molecule has 0 bridgehead atoms. The lowest BCUT2D eigenvalue weighted by Crippen LogP contribution is -2.23. The summed E-state index contributed by atoms with van der Waals surface area (Å²) in [4.78, 5) is 2.35. The first-order valence-electron chi connectivity index (χ1n) is 6.60. The van der Waals surface area contributed by atoms with Crippen molar-refractivity contribution in [1.82, 2.24) is 10.2 Å². The fourth-order valence-corrected chi connectivity index (χ4v) is 2.75. The maximum atomic E-state index is 3.46. The molecule has 2 atom stereocenters. The summed E-state index contributed by atoms with van der Waals surface area (Å²) in [6, 6.07) is 9.49. The molecule has 17 heavy (non-hydrogen) atoms. The Hall–Kier alpha value is -0.860. The van der Waals surface area contributed by atoms with Crippen LogP contribution in [-0.4, -0.2) is 32.1 Å². The molecule has 0 amide bonds. The molecule has 2 heteroatoms. The summed E-state index contributed by atoms with van der Waals surface area (Å²) in [6.07, 6.45) is 2.60. The summed E-state index contributed by atoms with van der Waals surface area (Å²) < 4.78 is 0. The maximum Gasteiger partial charge on any atom is 0.0345 e. The van der Waals surface area contributed by atoms with Gasteiger partial charge in [-0.15, -0.1) is 0 Å². The zero-order valence-corrected chi connectivity index (χ0v) is 11.2. The van der Waals surface area contributed by atoms with Crippen molar-refractivity contribution in [2.24, 2.45) is 5.92 Å². The van der Waals surface area contributed by atoms with E-state index in [1.807, 2.05) is 0 Å². The Bertz CT molecular complexity index is 354. The van der Waals surface area contributed by atoms with Crippen molar-refractivity contribution in [2.75, 3.05) is 27.2 Å². The van der Waals surface area contributed by atoms with E-state index in [0.717, 1.165) is 5.92 Å². The molecule has 1 saturated heterocycles. The van der Waals surface area contributed by atoms with Gasteiger partial charge in [-0.25, -0.2) is 0 Å². The van der Waals surface area contributed by atoms with Gasteiger partial charge < -0.3 is 10.2 Å². The van der Waals surface area contributed by atoms with E-state index in [-0.39, 0.29) is 0 Å². The van der Waals surface area contributed by atoms with E-state index in [9.17, 15) is 0 Å². The third kappa shape index (κ3) is 3.30. The molecule has 1 aromatic rings. The molecule has 1 aliphatic rings. The molecule has 0 radical (unpaired) electrons. The summed E-state index contributed by atoms with van der Waals surface area (Å²) in [6.45, 7) is 4.56. The lowest BCUT2D eigenvalue weighted by Gasteiger charge is -2.27. The Morgan fingerprint density at radius 2 is 2.24 bits per heavy atom. The molecule has 0 saturated carbocycles. The van der Waals surface area contributed by atoms with Crippen molar-refractivity contribution in [3.8, 4) is 0 Å². The molecule has 0 aliphatic carbocycles. The van der Waals surface area contributed by atoms with Gasteiger partial charge in [0, 0.05) is 6.04 Å². The molecule has 1 fully saturated rings. The number of aryl methyl sites for hydroxylation is 1. The second kappa shape index (κ2) is 5.65. The van der Waals surface area contributed by atoms with Gasteiger partial charge in [-0.2, -0.15) is 0 Å². The number of hydrogen-bond acceptors (Lipinski definition) is 2. The first kappa shape index (κ1) is 12.6. The van der Waals surface area contributed by atoms with Crippen LogP contribution in [0.4, 0.5) is 0 Å². The van der Waals surface area contributed by atoms with E-state index in [4.69, 9.17) is 0 Å². The fourth-order valence-electron chi connectivity index (χ4n) is 2.75. The van der Waals surface area contributed by atoms with Gasteiger partial charge in [-0.1, -0.05) is 29.8 Å². The van der Waals surface area contributed by atoms with Gasteiger partial charge in [0.25, 0.3) is 0 Å². The number of nitrogens with zero attached hydrogens (tertiary/aromatic N) is 1. The lowest BCUT2D eigenvalue weighted by molar-refractivity contribution is 0.253. The second-order valence-electron chi connectivity index (χ2n) is 5.49. The zero-order valence-electron chi connectivity index (χ0n) is 11.2.